The van der Waals surface area contributed by atoms with Crippen molar-refractivity contribution in [3.05, 3.63) is 35.5 Å². The Labute approximate surface area is 137 Å². The SMILES string of the molecule is CC.CC1(C)C=CC2=C(C=C1)C(=O)N(C1CCC(=O)NC1=O)C2. The van der Waals surface area contributed by atoms with E-state index in [-0.39, 0.29) is 29.6 Å². The maximum atomic E-state index is 12.5. The zero-order chi connectivity index (χ0) is 17.2. The molecule has 1 N–H and O–H groups in total. The van der Waals surface area contributed by atoms with Crippen LogP contribution in [0.2, 0.25) is 0 Å². The molecule has 1 aliphatic carbocycles. The lowest BCUT2D eigenvalue weighted by Crippen LogP contribution is -2.53. The average molecular weight is 316 g/mol. The molecule has 0 aromatic heterocycles. The van der Waals surface area contributed by atoms with E-state index in [4.69, 9.17) is 0 Å². The molecule has 0 aromatic carbocycles. The second kappa shape index (κ2) is 6.52. The molecule has 0 radical (unpaired) electrons. The number of rotatable bonds is 1. The van der Waals surface area contributed by atoms with Crippen molar-refractivity contribution in [1.82, 2.24) is 10.2 Å². The molecule has 3 rings (SSSR count). The summed E-state index contributed by atoms with van der Waals surface area (Å²) in [5, 5.41) is 2.31. The van der Waals surface area contributed by atoms with Gasteiger partial charge in [-0.2, -0.15) is 0 Å². The number of piperidine rings is 1. The summed E-state index contributed by atoms with van der Waals surface area (Å²) in [6.07, 6.45) is 8.56. The Hall–Kier alpha value is -2.17. The van der Waals surface area contributed by atoms with E-state index in [9.17, 15) is 14.4 Å². The summed E-state index contributed by atoms with van der Waals surface area (Å²) in [6.45, 7) is 8.58. The van der Waals surface area contributed by atoms with Crippen LogP contribution in [-0.2, 0) is 14.4 Å². The molecule has 3 amide bonds. The third-order valence-electron chi connectivity index (χ3n) is 4.16. The Morgan fingerprint density at radius 1 is 1.13 bits per heavy atom. The molecule has 1 saturated heterocycles. The topological polar surface area (TPSA) is 66.5 Å². The van der Waals surface area contributed by atoms with Crippen molar-refractivity contribution in [3.63, 3.8) is 0 Å². The smallest absolute Gasteiger partial charge is 0.255 e. The van der Waals surface area contributed by atoms with E-state index >= 15 is 0 Å². The monoisotopic (exact) mass is 316 g/mol. The highest BCUT2D eigenvalue weighted by Crippen LogP contribution is 2.31. The third-order valence-corrected chi connectivity index (χ3v) is 4.16. The van der Waals surface area contributed by atoms with E-state index in [1.807, 2.05) is 32.1 Å². The number of imide groups is 1. The Morgan fingerprint density at radius 3 is 2.43 bits per heavy atom. The third kappa shape index (κ3) is 3.44. The first kappa shape index (κ1) is 17.2. The molecule has 1 fully saturated rings. The summed E-state index contributed by atoms with van der Waals surface area (Å²) < 4.78 is 0. The number of nitrogens with zero attached hydrogens (tertiary/aromatic N) is 1. The molecule has 5 nitrogen and oxygen atoms in total. The van der Waals surface area contributed by atoms with E-state index in [2.05, 4.69) is 25.2 Å². The van der Waals surface area contributed by atoms with Crippen LogP contribution < -0.4 is 5.32 Å². The highest BCUT2D eigenvalue weighted by Gasteiger charge is 2.39. The van der Waals surface area contributed by atoms with E-state index in [1.54, 1.807) is 4.90 Å². The van der Waals surface area contributed by atoms with Crippen LogP contribution in [0.25, 0.3) is 0 Å². The van der Waals surface area contributed by atoms with Gasteiger partial charge in [-0.3, -0.25) is 19.7 Å². The summed E-state index contributed by atoms with van der Waals surface area (Å²) in [4.78, 5) is 37.3. The standard InChI is InChI=1S/C16H18N2O3.C2H6/c1-16(2)7-5-10-9-18(15(21)11(10)6-8-16)12-3-4-13(19)17-14(12)20;1-2/h5-8,12H,3-4,9H2,1-2H3,(H,17,19,20);1-2H3. The lowest BCUT2D eigenvalue weighted by Gasteiger charge is -2.30. The van der Waals surface area contributed by atoms with Gasteiger partial charge in [0, 0.05) is 24.0 Å². The second-order valence-electron chi connectivity index (χ2n) is 6.33. The quantitative estimate of drug-likeness (QED) is 0.754. The molecule has 2 aliphatic heterocycles. The van der Waals surface area contributed by atoms with Gasteiger partial charge in [0.25, 0.3) is 5.91 Å². The van der Waals surface area contributed by atoms with E-state index in [0.29, 0.717) is 18.5 Å². The van der Waals surface area contributed by atoms with Gasteiger partial charge in [-0.25, -0.2) is 0 Å². The van der Waals surface area contributed by atoms with Crippen LogP contribution in [-0.4, -0.2) is 35.2 Å². The summed E-state index contributed by atoms with van der Waals surface area (Å²) in [6, 6.07) is -0.545. The first-order valence-corrected chi connectivity index (χ1v) is 8.14. The minimum Gasteiger partial charge on any atom is -0.322 e. The molecular formula is C18H24N2O3. The van der Waals surface area contributed by atoms with Gasteiger partial charge in [0.2, 0.25) is 11.8 Å². The molecule has 124 valence electrons. The van der Waals surface area contributed by atoms with Crippen LogP contribution in [0.5, 0.6) is 0 Å². The molecular weight excluding hydrogens is 292 g/mol. The fourth-order valence-electron chi connectivity index (χ4n) is 2.85. The largest absolute Gasteiger partial charge is 0.322 e. The zero-order valence-electron chi connectivity index (χ0n) is 14.2. The van der Waals surface area contributed by atoms with Crippen molar-refractivity contribution in [2.45, 2.75) is 46.6 Å². The Morgan fingerprint density at radius 2 is 1.78 bits per heavy atom. The highest BCUT2D eigenvalue weighted by atomic mass is 16.2. The summed E-state index contributed by atoms with van der Waals surface area (Å²) in [7, 11) is 0. The van der Waals surface area contributed by atoms with Crippen molar-refractivity contribution in [2.24, 2.45) is 5.41 Å². The minimum atomic E-state index is -0.545. The molecule has 0 bridgehead atoms. The lowest BCUT2D eigenvalue weighted by atomic mass is 9.93. The second-order valence-corrected chi connectivity index (χ2v) is 6.33. The number of hydrogen-bond acceptors (Lipinski definition) is 3. The van der Waals surface area contributed by atoms with Crippen LogP contribution in [0.1, 0.15) is 40.5 Å². The lowest BCUT2D eigenvalue weighted by molar-refractivity contribution is -0.142. The predicted octanol–water partition coefficient (Wildman–Crippen LogP) is 2.11. The van der Waals surface area contributed by atoms with E-state index < -0.39 is 6.04 Å². The fraction of sp³-hybridized carbons (Fsp3) is 0.500. The van der Waals surface area contributed by atoms with Crippen molar-refractivity contribution >= 4 is 17.7 Å². The van der Waals surface area contributed by atoms with Gasteiger partial charge in [0.15, 0.2) is 0 Å². The van der Waals surface area contributed by atoms with Crippen LogP contribution in [0.4, 0.5) is 0 Å². The number of carbonyl (C=O) groups excluding carboxylic acids is 3. The van der Waals surface area contributed by atoms with Crippen molar-refractivity contribution in [1.29, 1.82) is 0 Å². The van der Waals surface area contributed by atoms with Gasteiger partial charge in [0.05, 0.1) is 0 Å². The summed E-state index contributed by atoms with van der Waals surface area (Å²) in [5.74, 6) is -0.761. The van der Waals surface area contributed by atoms with Gasteiger partial charge in [0.1, 0.15) is 6.04 Å². The van der Waals surface area contributed by atoms with Crippen molar-refractivity contribution < 1.29 is 14.4 Å². The first-order chi connectivity index (χ1) is 10.9. The minimum absolute atomic E-state index is 0.0793. The van der Waals surface area contributed by atoms with Crippen molar-refractivity contribution in [2.75, 3.05) is 6.54 Å². The maximum Gasteiger partial charge on any atom is 0.255 e. The molecule has 1 unspecified atom stereocenters. The van der Waals surface area contributed by atoms with Gasteiger partial charge in [-0.1, -0.05) is 52.0 Å². The number of allylic oxidation sites excluding steroid dienone is 2. The number of carbonyl (C=O) groups is 3. The van der Waals surface area contributed by atoms with Gasteiger partial charge < -0.3 is 4.90 Å². The zero-order valence-corrected chi connectivity index (χ0v) is 14.2. The Bertz CT molecular complexity index is 626. The highest BCUT2D eigenvalue weighted by molar-refractivity contribution is 6.06. The molecule has 5 heteroatoms. The molecule has 0 spiro atoms. The number of amides is 3. The van der Waals surface area contributed by atoms with Crippen LogP contribution in [0.15, 0.2) is 35.5 Å². The van der Waals surface area contributed by atoms with Gasteiger partial charge >= 0.3 is 0 Å². The average Bonchev–Trinajstić information content (AvgIpc) is 2.72. The Balaban J connectivity index is 0.000000924. The van der Waals surface area contributed by atoms with Crippen molar-refractivity contribution in [3.8, 4) is 0 Å². The Kier molecular flexibility index (Phi) is 4.88. The molecule has 0 saturated carbocycles. The molecule has 23 heavy (non-hydrogen) atoms. The van der Waals surface area contributed by atoms with Gasteiger partial charge in [-0.15, -0.1) is 0 Å². The normalized spacial score (nSPS) is 25.7. The molecule has 1 atom stereocenters. The predicted molar refractivity (Wildman–Crippen MR) is 88.3 cm³/mol. The molecule has 3 aliphatic rings. The fourth-order valence-corrected chi connectivity index (χ4v) is 2.85. The van der Waals surface area contributed by atoms with E-state index in [0.717, 1.165) is 5.57 Å². The van der Waals surface area contributed by atoms with Gasteiger partial charge in [-0.05, 0) is 12.0 Å². The van der Waals surface area contributed by atoms with Crippen LogP contribution in [0, 0.1) is 5.41 Å². The van der Waals surface area contributed by atoms with Crippen LogP contribution >= 0.6 is 0 Å². The summed E-state index contributed by atoms with van der Waals surface area (Å²) in [5.41, 5.74) is 1.51. The number of nitrogens with one attached hydrogen (secondary N) is 1. The van der Waals surface area contributed by atoms with E-state index in [1.165, 1.54) is 0 Å². The number of hydrogen-bond donors (Lipinski definition) is 1. The maximum absolute atomic E-state index is 12.5. The summed E-state index contributed by atoms with van der Waals surface area (Å²) >= 11 is 0. The first-order valence-electron chi connectivity index (χ1n) is 8.14. The van der Waals surface area contributed by atoms with Crippen LogP contribution in [0.3, 0.4) is 0 Å². The molecule has 2 heterocycles. The molecule has 0 aromatic rings.